The Bertz CT molecular complexity index is 618. The van der Waals surface area contributed by atoms with E-state index in [1.165, 1.54) is 5.56 Å². The van der Waals surface area contributed by atoms with Crippen molar-refractivity contribution in [1.29, 1.82) is 0 Å². The molecule has 1 saturated carbocycles. The van der Waals surface area contributed by atoms with Crippen LogP contribution in [0.15, 0.2) is 30.3 Å². The molecule has 2 fully saturated rings. The van der Waals surface area contributed by atoms with E-state index in [2.05, 4.69) is 24.4 Å². The minimum absolute atomic E-state index is 0.0129. The van der Waals surface area contributed by atoms with Crippen LogP contribution in [0.1, 0.15) is 44.6 Å². The highest BCUT2D eigenvalue weighted by Gasteiger charge is 2.55. The lowest BCUT2D eigenvalue weighted by Crippen LogP contribution is -2.46. The van der Waals surface area contributed by atoms with Crippen molar-refractivity contribution in [3.63, 3.8) is 0 Å². The summed E-state index contributed by atoms with van der Waals surface area (Å²) in [5, 5.41) is 12.7. The quantitative estimate of drug-likeness (QED) is 0.891. The summed E-state index contributed by atoms with van der Waals surface area (Å²) in [7, 11) is 0. The lowest BCUT2D eigenvalue weighted by atomic mass is 9.81. The van der Waals surface area contributed by atoms with Crippen LogP contribution in [0, 0.1) is 11.3 Å². The van der Waals surface area contributed by atoms with E-state index in [9.17, 15) is 14.7 Å². The SMILES string of the molecule is CC(NC(=O)N1C[C@@H]2CCC[C@@]2(C(=O)O)C1)C(C)c1ccccc1. The molecular formula is C19H26N2O3. The standard InChI is InChI=1S/C19H26N2O3/c1-13(15-7-4-3-5-8-15)14(2)20-18(24)21-11-16-9-6-10-19(16,12-21)17(22)23/h3-5,7-8,13-14,16H,6,9-12H2,1-2H3,(H,20,24)(H,22,23)/t13?,14?,16-,19+/m0/s1. The van der Waals surface area contributed by atoms with Crippen molar-refractivity contribution in [2.24, 2.45) is 11.3 Å². The second-order valence-corrected chi connectivity index (χ2v) is 7.37. The van der Waals surface area contributed by atoms with Gasteiger partial charge in [-0.1, -0.05) is 43.7 Å². The van der Waals surface area contributed by atoms with Gasteiger partial charge in [0.2, 0.25) is 0 Å². The number of aliphatic carboxylic acids is 1. The number of nitrogens with one attached hydrogen (secondary N) is 1. The van der Waals surface area contributed by atoms with Gasteiger partial charge in [-0.15, -0.1) is 0 Å². The molecule has 0 bridgehead atoms. The summed E-state index contributed by atoms with van der Waals surface area (Å²) >= 11 is 0. The molecule has 2 amide bonds. The fourth-order valence-corrected chi connectivity index (χ4v) is 4.25. The molecule has 4 atom stereocenters. The van der Waals surface area contributed by atoms with Crippen LogP contribution < -0.4 is 5.32 Å². The monoisotopic (exact) mass is 330 g/mol. The Morgan fingerprint density at radius 3 is 2.62 bits per heavy atom. The molecule has 24 heavy (non-hydrogen) atoms. The number of carboxylic acids is 1. The van der Waals surface area contributed by atoms with Crippen LogP contribution in [0.25, 0.3) is 0 Å². The van der Waals surface area contributed by atoms with Gasteiger partial charge in [-0.25, -0.2) is 4.79 Å². The lowest BCUT2D eigenvalue weighted by Gasteiger charge is -2.26. The van der Waals surface area contributed by atoms with E-state index in [-0.39, 0.29) is 23.9 Å². The van der Waals surface area contributed by atoms with Crippen LogP contribution in [0.4, 0.5) is 4.79 Å². The Kier molecular flexibility index (Phi) is 4.52. The van der Waals surface area contributed by atoms with E-state index < -0.39 is 11.4 Å². The van der Waals surface area contributed by atoms with Crippen molar-refractivity contribution in [2.45, 2.75) is 45.1 Å². The number of rotatable bonds is 4. The van der Waals surface area contributed by atoms with Gasteiger partial charge in [0.25, 0.3) is 0 Å². The second-order valence-electron chi connectivity index (χ2n) is 7.37. The van der Waals surface area contributed by atoms with Crippen LogP contribution in [0.5, 0.6) is 0 Å². The maximum Gasteiger partial charge on any atom is 0.317 e. The summed E-state index contributed by atoms with van der Waals surface area (Å²) in [5.41, 5.74) is 0.469. The van der Waals surface area contributed by atoms with Crippen molar-refractivity contribution < 1.29 is 14.7 Å². The van der Waals surface area contributed by atoms with Crippen molar-refractivity contribution >= 4 is 12.0 Å². The van der Waals surface area contributed by atoms with Crippen molar-refractivity contribution in [3.8, 4) is 0 Å². The molecule has 3 rings (SSSR count). The topological polar surface area (TPSA) is 69.6 Å². The smallest absolute Gasteiger partial charge is 0.317 e. The number of fused-ring (bicyclic) bond motifs is 1. The van der Waals surface area contributed by atoms with Gasteiger partial charge in [-0.2, -0.15) is 0 Å². The molecular weight excluding hydrogens is 304 g/mol. The van der Waals surface area contributed by atoms with Crippen molar-refractivity contribution in [3.05, 3.63) is 35.9 Å². The number of hydrogen-bond donors (Lipinski definition) is 2. The Morgan fingerprint density at radius 1 is 1.29 bits per heavy atom. The first-order valence-corrected chi connectivity index (χ1v) is 8.78. The molecule has 1 aromatic carbocycles. The Balaban J connectivity index is 1.63. The van der Waals surface area contributed by atoms with E-state index in [0.29, 0.717) is 19.5 Å². The third-order valence-electron chi connectivity index (χ3n) is 6.01. The lowest BCUT2D eigenvalue weighted by molar-refractivity contribution is -0.149. The molecule has 1 aromatic rings. The van der Waals surface area contributed by atoms with E-state index in [1.807, 2.05) is 25.1 Å². The predicted octanol–water partition coefficient (Wildman–Crippen LogP) is 3.07. The van der Waals surface area contributed by atoms with Gasteiger partial charge >= 0.3 is 12.0 Å². The summed E-state index contributed by atoms with van der Waals surface area (Å²) in [6, 6.07) is 9.95. The van der Waals surface area contributed by atoms with E-state index in [1.54, 1.807) is 4.90 Å². The summed E-state index contributed by atoms with van der Waals surface area (Å²) in [6.45, 7) is 4.99. The molecule has 5 nitrogen and oxygen atoms in total. The van der Waals surface area contributed by atoms with Crippen LogP contribution in [-0.2, 0) is 4.79 Å². The fourth-order valence-electron chi connectivity index (χ4n) is 4.25. The second kappa shape index (κ2) is 6.46. The largest absolute Gasteiger partial charge is 0.481 e. The molecule has 1 aliphatic carbocycles. The molecule has 1 saturated heterocycles. The van der Waals surface area contributed by atoms with E-state index in [4.69, 9.17) is 0 Å². The number of carbonyl (C=O) groups excluding carboxylic acids is 1. The van der Waals surface area contributed by atoms with Gasteiger partial charge < -0.3 is 15.3 Å². The third kappa shape index (κ3) is 2.87. The molecule has 2 aliphatic rings. The Labute approximate surface area is 143 Å². The Hall–Kier alpha value is -2.04. The molecule has 0 aromatic heterocycles. The van der Waals surface area contributed by atoms with Crippen LogP contribution in [0.3, 0.4) is 0 Å². The number of amides is 2. The summed E-state index contributed by atoms with van der Waals surface area (Å²) < 4.78 is 0. The third-order valence-corrected chi connectivity index (χ3v) is 6.01. The number of likely N-dealkylation sites (tertiary alicyclic amines) is 1. The molecule has 5 heteroatoms. The minimum atomic E-state index is -0.744. The van der Waals surface area contributed by atoms with E-state index >= 15 is 0 Å². The first-order valence-electron chi connectivity index (χ1n) is 8.78. The predicted molar refractivity (Wildman–Crippen MR) is 91.8 cm³/mol. The van der Waals surface area contributed by atoms with E-state index in [0.717, 1.165) is 12.8 Å². The molecule has 2 unspecified atom stereocenters. The number of carbonyl (C=O) groups is 2. The maximum atomic E-state index is 12.6. The van der Waals surface area contributed by atoms with Crippen LogP contribution in [0.2, 0.25) is 0 Å². The molecule has 1 heterocycles. The molecule has 130 valence electrons. The zero-order valence-electron chi connectivity index (χ0n) is 14.4. The number of hydrogen-bond acceptors (Lipinski definition) is 2. The van der Waals surface area contributed by atoms with Gasteiger partial charge in [0.1, 0.15) is 0 Å². The normalized spacial score (nSPS) is 28.2. The maximum absolute atomic E-state index is 12.6. The summed E-state index contributed by atoms with van der Waals surface area (Å²) in [4.78, 5) is 26.0. The molecule has 2 N–H and O–H groups in total. The van der Waals surface area contributed by atoms with Gasteiger partial charge in [0, 0.05) is 25.0 Å². The van der Waals surface area contributed by atoms with Gasteiger partial charge in [-0.3, -0.25) is 4.79 Å². The average Bonchev–Trinajstić information content (AvgIpc) is 3.13. The zero-order valence-corrected chi connectivity index (χ0v) is 14.4. The summed E-state index contributed by atoms with van der Waals surface area (Å²) in [5.74, 6) is -0.445. The average molecular weight is 330 g/mol. The highest BCUT2D eigenvalue weighted by atomic mass is 16.4. The van der Waals surface area contributed by atoms with Gasteiger partial charge in [-0.05, 0) is 31.2 Å². The molecule has 0 spiro atoms. The first-order chi connectivity index (χ1) is 11.4. The molecule has 1 aliphatic heterocycles. The number of benzene rings is 1. The van der Waals surface area contributed by atoms with Gasteiger partial charge in [0.05, 0.1) is 5.41 Å². The van der Waals surface area contributed by atoms with Crippen molar-refractivity contribution in [1.82, 2.24) is 10.2 Å². The number of urea groups is 1. The fraction of sp³-hybridized carbons (Fsp3) is 0.579. The first kappa shape index (κ1) is 16.8. The highest BCUT2D eigenvalue weighted by Crippen LogP contribution is 2.48. The molecule has 0 radical (unpaired) electrons. The zero-order chi connectivity index (χ0) is 17.3. The number of nitrogens with zero attached hydrogens (tertiary/aromatic N) is 1. The summed E-state index contributed by atoms with van der Waals surface area (Å²) in [6.07, 6.45) is 2.55. The van der Waals surface area contributed by atoms with Crippen molar-refractivity contribution in [2.75, 3.05) is 13.1 Å². The highest BCUT2D eigenvalue weighted by molar-refractivity contribution is 5.80. The number of carboxylic acid groups (broad SMARTS) is 1. The minimum Gasteiger partial charge on any atom is -0.481 e. The van der Waals surface area contributed by atoms with Crippen LogP contribution >= 0.6 is 0 Å². The van der Waals surface area contributed by atoms with Crippen LogP contribution in [-0.4, -0.2) is 41.1 Å². The van der Waals surface area contributed by atoms with Gasteiger partial charge in [0.15, 0.2) is 0 Å². The Morgan fingerprint density at radius 2 is 2.00 bits per heavy atom.